The molecule has 0 aliphatic rings. The van der Waals surface area contributed by atoms with Crippen LogP contribution in [0.3, 0.4) is 0 Å². The van der Waals surface area contributed by atoms with Crippen molar-refractivity contribution in [1.82, 2.24) is 9.55 Å². The van der Waals surface area contributed by atoms with E-state index >= 15 is 0 Å². The Balaban J connectivity index is 2.33. The van der Waals surface area contributed by atoms with Crippen LogP contribution in [-0.2, 0) is 11.3 Å². The normalized spacial score (nSPS) is 11.2. The van der Waals surface area contributed by atoms with E-state index in [1.54, 1.807) is 22.8 Å². The van der Waals surface area contributed by atoms with Crippen molar-refractivity contribution < 1.29 is 14.3 Å². The maximum Gasteiger partial charge on any atom is 0.323 e. The molecule has 0 aliphatic heterocycles. The molecule has 0 atom stereocenters. The molecule has 8 heteroatoms. The van der Waals surface area contributed by atoms with Crippen molar-refractivity contribution in [2.24, 2.45) is 0 Å². The van der Waals surface area contributed by atoms with Gasteiger partial charge >= 0.3 is 5.97 Å². The molecule has 0 amide bonds. The van der Waals surface area contributed by atoms with E-state index in [-0.39, 0.29) is 6.54 Å². The number of imidazole rings is 1. The van der Waals surface area contributed by atoms with Crippen LogP contribution in [-0.4, -0.2) is 20.6 Å². The van der Waals surface area contributed by atoms with Crippen LogP contribution in [0.1, 0.15) is 0 Å². The molecule has 1 aromatic carbocycles. The maximum atomic E-state index is 11.1. The molecule has 0 aliphatic carbocycles. The molecule has 0 radical (unpaired) electrons. The summed E-state index contributed by atoms with van der Waals surface area (Å²) in [5.41, 5.74) is 1.81. The molecule has 2 aromatic heterocycles. The lowest BCUT2D eigenvalue weighted by molar-refractivity contribution is -0.137. The Morgan fingerprint density at radius 1 is 1.38 bits per heavy atom. The predicted octanol–water partition coefficient (Wildman–Crippen LogP) is 4.45. The summed E-state index contributed by atoms with van der Waals surface area (Å²) in [6, 6.07) is 4.91. The van der Waals surface area contributed by atoms with Crippen molar-refractivity contribution in [3.8, 4) is 11.4 Å². The summed E-state index contributed by atoms with van der Waals surface area (Å²) in [5, 5.41) is 9.82. The number of aromatic nitrogens is 2. The number of hydrogen-bond acceptors (Lipinski definition) is 3. The third-order valence-electron chi connectivity index (χ3n) is 2.94. The lowest BCUT2D eigenvalue weighted by Gasteiger charge is -2.05. The fourth-order valence-electron chi connectivity index (χ4n) is 2.07. The van der Waals surface area contributed by atoms with Gasteiger partial charge in [-0.05, 0) is 34.1 Å². The highest BCUT2D eigenvalue weighted by Crippen LogP contribution is 2.34. The molecule has 3 rings (SSSR count). The molecule has 0 fully saturated rings. The Hall–Kier alpha value is -1.50. The Kier molecular flexibility index (Phi) is 3.69. The van der Waals surface area contributed by atoms with Crippen LogP contribution in [0.2, 0.25) is 10.0 Å². The number of fused-ring (bicyclic) bond motifs is 1. The number of carbonyl (C=O) groups is 1. The molecule has 0 bridgehead atoms. The van der Waals surface area contributed by atoms with E-state index in [1.807, 2.05) is 0 Å². The van der Waals surface area contributed by atoms with Crippen molar-refractivity contribution >= 4 is 56.1 Å². The van der Waals surface area contributed by atoms with Gasteiger partial charge in [0.15, 0.2) is 4.67 Å². The summed E-state index contributed by atoms with van der Waals surface area (Å²) in [6.45, 7) is -0.249. The average molecular weight is 390 g/mol. The fourth-order valence-corrected chi connectivity index (χ4v) is 2.81. The first-order chi connectivity index (χ1) is 9.97. The smallest absolute Gasteiger partial charge is 0.323 e. The van der Waals surface area contributed by atoms with Crippen LogP contribution in [0.5, 0.6) is 0 Å². The molecule has 1 N–H and O–H groups in total. The summed E-state index contributed by atoms with van der Waals surface area (Å²) < 4.78 is 7.21. The van der Waals surface area contributed by atoms with E-state index < -0.39 is 5.97 Å². The number of carboxylic acids is 1. The molecule has 0 saturated carbocycles. The minimum absolute atomic E-state index is 0.249. The van der Waals surface area contributed by atoms with Gasteiger partial charge in [0.05, 0.1) is 32.9 Å². The topological polar surface area (TPSA) is 68.3 Å². The third-order valence-corrected chi connectivity index (χ3v) is 4.28. The Morgan fingerprint density at radius 2 is 2.10 bits per heavy atom. The number of hydrogen-bond donors (Lipinski definition) is 1. The summed E-state index contributed by atoms with van der Waals surface area (Å²) in [7, 11) is 0. The van der Waals surface area contributed by atoms with Gasteiger partial charge < -0.3 is 14.1 Å². The maximum absolute atomic E-state index is 11.1. The van der Waals surface area contributed by atoms with E-state index in [2.05, 4.69) is 20.9 Å². The lowest BCUT2D eigenvalue weighted by Crippen LogP contribution is -2.10. The van der Waals surface area contributed by atoms with Crippen molar-refractivity contribution in [3.05, 3.63) is 39.2 Å². The zero-order chi connectivity index (χ0) is 15.1. The molecule has 0 saturated heterocycles. The molecule has 2 heterocycles. The summed E-state index contributed by atoms with van der Waals surface area (Å²) >= 11 is 15.3. The van der Waals surface area contributed by atoms with E-state index in [0.29, 0.717) is 37.1 Å². The molecule has 108 valence electrons. The van der Waals surface area contributed by atoms with Gasteiger partial charge in [0, 0.05) is 0 Å². The van der Waals surface area contributed by atoms with Gasteiger partial charge in [-0.1, -0.05) is 23.2 Å². The van der Waals surface area contributed by atoms with Gasteiger partial charge in [-0.15, -0.1) is 0 Å². The molecule has 0 unspecified atom stereocenters. The van der Waals surface area contributed by atoms with Gasteiger partial charge in [-0.2, -0.15) is 0 Å². The number of halogens is 3. The second-order valence-electron chi connectivity index (χ2n) is 4.28. The van der Waals surface area contributed by atoms with E-state index in [0.717, 1.165) is 0 Å². The van der Waals surface area contributed by atoms with Crippen LogP contribution in [0.4, 0.5) is 0 Å². The third kappa shape index (κ3) is 2.54. The Labute approximate surface area is 137 Å². The Bertz CT molecular complexity index is 857. The number of nitrogens with zero attached hydrogens (tertiary/aromatic N) is 2. The molecular formula is C13H7BrCl2N2O3. The van der Waals surface area contributed by atoms with Crippen molar-refractivity contribution in [1.29, 1.82) is 0 Å². The zero-order valence-electron chi connectivity index (χ0n) is 10.3. The number of carboxylic acid groups (broad SMARTS) is 1. The highest BCUT2D eigenvalue weighted by molar-refractivity contribution is 9.10. The van der Waals surface area contributed by atoms with E-state index in [9.17, 15) is 4.79 Å². The van der Waals surface area contributed by atoms with Crippen LogP contribution in [0, 0.1) is 0 Å². The van der Waals surface area contributed by atoms with E-state index in [1.165, 1.54) is 6.26 Å². The van der Waals surface area contributed by atoms with Crippen LogP contribution < -0.4 is 0 Å². The first kappa shape index (κ1) is 14.4. The van der Waals surface area contributed by atoms with E-state index in [4.69, 9.17) is 32.7 Å². The predicted molar refractivity (Wildman–Crippen MR) is 82.8 cm³/mol. The van der Waals surface area contributed by atoms with Crippen LogP contribution in [0.25, 0.3) is 22.4 Å². The van der Waals surface area contributed by atoms with Crippen molar-refractivity contribution in [2.75, 3.05) is 0 Å². The van der Waals surface area contributed by atoms with Crippen molar-refractivity contribution in [2.45, 2.75) is 6.54 Å². The number of benzene rings is 1. The number of furan rings is 1. The second kappa shape index (κ2) is 5.36. The number of rotatable bonds is 3. The molecule has 3 aromatic rings. The second-order valence-corrected chi connectivity index (χ2v) is 5.81. The van der Waals surface area contributed by atoms with Crippen LogP contribution in [0.15, 0.2) is 33.5 Å². The van der Waals surface area contributed by atoms with Gasteiger partial charge in [0.1, 0.15) is 12.4 Å². The lowest BCUT2D eigenvalue weighted by atomic mass is 10.3. The molecular weight excluding hydrogens is 383 g/mol. The minimum atomic E-state index is -0.985. The Morgan fingerprint density at radius 3 is 2.71 bits per heavy atom. The first-order valence-corrected chi connectivity index (χ1v) is 7.32. The monoisotopic (exact) mass is 388 g/mol. The first-order valence-electron chi connectivity index (χ1n) is 5.78. The summed E-state index contributed by atoms with van der Waals surface area (Å²) in [4.78, 5) is 15.6. The summed E-state index contributed by atoms with van der Waals surface area (Å²) in [5.74, 6) is -0.521. The van der Waals surface area contributed by atoms with Gasteiger partial charge in [-0.3, -0.25) is 4.79 Å². The van der Waals surface area contributed by atoms with Crippen molar-refractivity contribution in [3.63, 3.8) is 0 Å². The van der Waals surface area contributed by atoms with Gasteiger partial charge in [-0.25, -0.2) is 4.98 Å². The molecule has 0 spiro atoms. The average Bonchev–Trinajstić information content (AvgIpc) is 2.95. The van der Waals surface area contributed by atoms with Crippen LogP contribution >= 0.6 is 39.1 Å². The summed E-state index contributed by atoms with van der Waals surface area (Å²) in [6.07, 6.45) is 1.49. The standard InChI is InChI=1S/C13H7BrCl2N2O3/c14-12-6(1-2-21-12)13-17-9-3-7(15)8(16)4-10(9)18(13)5-11(19)20/h1-4H,5H2,(H,19,20). The largest absolute Gasteiger partial charge is 0.480 e. The molecule has 5 nitrogen and oxygen atoms in total. The molecule has 21 heavy (non-hydrogen) atoms. The highest BCUT2D eigenvalue weighted by atomic mass is 79.9. The van der Waals surface area contributed by atoms with Gasteiger partial charge in [0.25, 0.3) is 0 Å². The van der Waals surface area contributed by atoms with Gasteiger partial charge in [0.2, 0.25) is 0 Å². The zero-order valence-corrected chi connectivity index (χ0v) is 13.4. The number of aliphatic carboxylic acids is 1. The minimum Gasteiger partial charge on any atom is -0.480 e. The quantitative estimate of drug-likeness (QED) is 0.718. The fraction of sp³-hybridized carbons (Fsp3) is 0.0769. The highest BCUT2D eigenvalue weighted by Gasteiger charge is 2.19. The SMILES string of the molecule is O=C(O)Cn1c(-c2ccoc2Br)nc2cc(Cl)c(Cl)cc21.